The molecule has 0 aliphatic carbocycles. The Kier molecular flexibility index (Phi) is 14.1. The van der Waals surface area contributed by atoms with Crippen LogP contribution in [0.25, 0.3) is 82.5 Å². The summed E-state index contributed by atoms with van der Waals surface area (Å²) < 4.78 is 7.33. The summed E-state index contributed by atoms with van der Waals surface area (Å²) in [5, 5.41) is 7.11. The lowest BCUT2D eigenvalue weighted by Crippen LogP contribution is -2.14. The maximum atomic E-state index is 2.46. The molecule has 7 nitrogen and oxygen atoms in total. The number of benzene rings is 15. The van der Waals surface area contributed by atoms with Crippen LogP contribution in [0.4, 0.5) is 68.2 Å². The molecular formula is C90H63N7. The average molecular weight is 1240 g/mol. The van der Waals surface area contributed by atoms with Gasteiger partial charge in [0.25, 0.3) is 0 Å². The highest BCUT2D eigenvalue weighted by Gasteiger charge is 2.26. The van der Waals surface area contributed by atoms with Gasteiger partial charge in [0.05, 0.1) is 67.2 Å². The molecule has 0 unspecified atom stereocenters. The number of fused-ring (bicyclic) bond motifs is 9. The second-order valence-electron chi connectivity index (χ2n) is 24.6. The molecule has 0 N–H and O–H groups in total. The Bertz CT molecular complexity index is 5360. The third-order valence-corrected chi connectivity index (χ3v) is 18.8. The van der Waals surface area contributed by atoms with Gasteiger partial charge in [0.1, 0.15) is 0 Å². The third kappa shape index (κ3) is 10.0. The molecule has 0 saturated heterocycles. The van der Waals surface area contributed by atoms with Gasteiger partial charge in [0, 0.05) is 83.5 Å². The van der Waals surface area contributed by atoms with Crippen molar-refractivity contribution in [1.29, 1.82) is 0 Å². The first kappa shape index (κ1) is 56.6. The summed E-state index contributed by atoms with van der Waals surface area (Å²) >= 11 is 0. The molecule has 0 radical (unpaired) electrons. The molecule has 18 rings (SSSR count). The summed E-state index contributed by atoms with van der Waals surface area (Å²) in [6, 6.07) is 139. The zero-order valence-electron chi connectivity index (χ0n) is 53.0. The SMILES string of the molecule is c1ccc(N(c2ccccc2)c2cc(N(c3ccccc3)c3ccc4c5ccc(N(c6ccccc6)c6cc(N(c7ccccc7)c7ccccc7)cc(-n7c8ccccc8c8ccccc87)c6)cc5n(-c5ccccc5)c4c3)cc(-n3c4ccccc4c4ccccc43)c2)cc1. The number of anilines is 12. The van der Waals surface area contributed by atoms with E-state index in [0.29, 0.717) is 0 Å². The average Bonchev–Trinajstić information content (AvgIpc) is 1.63. The van der Waals surface area contributed by atoms with E-state index in [2.05, 4.69) is 415 Å². The lowest BCUT2D eigenvalue weighted by molar-refractivity contribution is 1.15. The van der Waals surface area contributed by atoms with Crippen molar-refractivity contribution in [3.05, 3.63) is 382 Å². The Morgan fingerprint density at radius 3 is 0.629 bits per heavy atom. The van der Waals surface area contributed by atoms with Crippen LogP contribution in [0.2, 0.25) is 0 Å². The monoisotopic (exact) mass is 1240 g/mol. The molecule has 0 amide bonds. The van der Waals surface area contributed by atoms with E-state index in [1.807, 2.05) is 0 Å². The molecule has 3 heterocycles. The third-order valence-electron chi connectivity index (χ3n) is 18.8. The quantitative estimate of drug-likeness (QED) is 0.102. The van der Waals surface area contributed by atoms with E-state index in [-0.39, 0.29) is 0 Å². The van der Waals surface area contributed by atoms with Crippen LogP contribution >= 0.6 is 0 Å². The number of hydrogen-bond donors (Lipinski definition) is 0. The van der Waals surface area contributed by atoms with Crippen molar-refractivity contribution in [2.24, 2.45) is 0 Å². The van der Waals surface area contributed by atoms with Gasteiger partial charge >= 0.3 is 0 Å². The van der Waals surface area contributed by atoms with Crippen LogP contribution in [0.15, 0.2) is 382 Å². The van der Waals surface area contributed by atoms with Crippen molar-refractivity contribution in [3.63, 3.8) is 0 Å². The molecule has 0 bridgehead atoms. The largest absolute Gasteiger partial charge is 0.310 e. The Hall–Kier alpha value is -13.1. The highest BCUT2D eigenvalue weighted by atomic mass is 15.2. The Balaban J connectivity index is 0.869. The van der Waals surface area contributed by atoms with Crippen LogP contribution < -0.4 is 19.6 Å². The van der Waals surface area contributed by atoms with Gasteiger partial charge in [-0.2, -0.15) is 0 Å². The van der Waals surface area contributed by atoms with Crippen molar-refractivity contribution in [2.45, 2.75) is 0 Å². The van der Waals surface area contributed by atoms with Gasteiger partial charge < -0.3 is 33.3 Å². The van der Waals surface area contributed by atoms with Crippen LogP contribution in [0.5, 0.6) is 0 Å². The molecule has 0 aliphatic rings. The number of para-hydroxylation sites is 11. The van der Waals surface area contributed by atoms with Crippen molar-refractivity contribution in [3.8, 4) is 17.1 Å². The number of hydrogen-bond acceptors (Lipinski definition) is 4. The zero-order chi connectivity index (χ0) is 64.2. The second kappa shape index (κ2) is 24.1. The predicted octanol–water partition coefficient (Wildman–Crippen LogP) is 24.9. The van der Waals surface area contributed by atoms with E-state index in [1.54, 1.807) is 0 Å². The number of rotatable bonds is 15. The van der Waals surface area contributed by atoms with E-state index in [0.717, 1.165) is 129 Å². The fraction of sp³-hybridized carbons (Fsp3) is 0. The Labute approximate surface area is 562 Å². The van der Waals surface area contributed by atoms with Crippen molar-refractivity contribution in [2.75, 3.05) is 19.6 Å². The van der Waals surface area contributed by atoms with Gasteiger partial charge in [-0.3, -0.25) is 0 Å². The maximum absolute atomic E-state index is 2.46. The van der Waals surface area contributed by atoms with Gasteiger partial charge in [0.2, 0.25) is 0 Å². The van der Waals surface area contributed by atoms with Crippen LogP contribution in [-0.4, -0.2) is 13.7 Å². The topological polar surface area (TPSA) is 27.8 Å². The smallest absolute Gasteiger partial charge is 0.0561 e. The van der Waals surface area contributed by atoms with E-state index in [9.17, 15) is 0 Å². The van der Waals surface area contributed by atoms with Crippen molar-refractivity contribution < 1.29 is 0 Å². The summed E-state index contributed by atoms with van der Waals surface area (Å²) in [6.07, 6.45) is 0. The molecule has 3 aromatic heterocycles. The first-order valence-corrected chi connectivity index (χ1v) is 33.1. The fourth-order valence-electron chi connectivity index (χ4n) is 14.7. The standard InChI is InChI=1S/C90H63N7/c1-8-30-64(31-9-1)91(65-32-10-2-11-33-65)73-56-75(60-77(58-73)96-85-48-26-22-44-79(85)80-45-23-27-49-86(80)96)93(68-38-16-5-17-39-68)71-52-54-83-84-55-53-72(63-90(84)95(89(83)62-71)70-42-20-7-21-43-70)94(69-40-18-6-19-41-69)76-57-74(92(66-34-12-3-13-35-66)67-36-14-4-15-37-67)59-78(61-76)97-87-50-28-24-46-81(87)82-47-25-29-51-88(82)97/h1-63H. The summed E-state index contributed by atoms with van der Waals surface area (Å²) in [4.78, 5) is 9.61. The molecule has 15 aromatic carbocycles. The van der Waals surface area contributed by atoms with Gasteiger partial charge in [-0.05, 0) is 170 Å². The highest BCUT2D eigenvalue weighted by molar-refractivity contribution is 6.13. The van der Waals surface area contributed by atoms with E-state index in [1.165, 1.54) is 21.5 Å². The molecule has 0 saturated carbocycles. The summed E-state index contributed by atoms with van der Waals surface area (Å²) in [5.41, 5.74) is 22.2. The molecule has 97 heavy (non-hydrogen) atoms. The van der Waals surface area contributed by atoms with Gasteiger partial charge in [-0.25, -0.2) is 0 Å². The Morgan fingerprint density at radius 2 is 0.351 bits per heavy atom. The molecule has 0 aliphatic heterocycles. The molecule has 0 fully saturated rings. The molecule has 458 valence electrons. The minimum Gasteiger partial charge on any atom is -0.310 e. The first-order valence-electron chi connectivity index (χ1n) is 33.1. The van der Waals surface area contributed by atoms with Gasteiger partial charge in [0.15, 0.2) is 0 Å². The molecular weight excluding hydrogens is 1180 g/mol. The highest BCUT2D eigenvalue weighted by Crippen LogP contribution is 2.48. The summed E-state index contributed by atoms with van der Waals surface area (Å²) in [7, 11) is 0. The van der Waals surface area contributed by atoms with Crippen LogP contribution in [0.1, 0.15) is 0 Å². The predicted molar refractivity (Wildman–Crippen MR) is 408 cm³/mol. The van der Waals surface area contributed by atoms with Crippen molar-refractivity contribution >= 4 is 134 Å². The number of aromatic nitrogens is 3. The van der Waals surface area contributed by atoms with Crippen LogP contribution in [0, 0.1) is 0 Å². The van der Waals surface area contributed by atoms with Crippen LogP contribution in [0.3, 0.4) is 0 Å². The second-order valence-corrected chi connectivity index (χ2v) is 24.6. The molecule has 18 aromatic rings. The zero-order valence-corrected chi connectivity index (χ0v) is 53.0. The van der Waals surface area contributed by atoms with E-state index < -0.39 is 0 Å². The minimum absolute atomic E-state index is 1.00. The van der Waals surface area contributed by atoms with Crippen molar-refractivity contribution in [1.82, 2.24) is 13.7 Å². The lowest BCUT2D eigenvalue weighted by Gasteiger charge is -2.30. The van der Waals surface area contributed by atoms with Crippen LogP contribution in [-0.2, 0) is 0 Å². The normalized spacial score (nSPS) is 11.5. The van der Waals surface area contributed by atoms with Gasteiger partial charge in [-0.1, -0.05) is 212 Å². The molecule has 7 heteroatoms. The van der Waals surface area contributed by atoms with Gasteiger partial charge in [-0.15, -0.1) is 0 Å². The first-order chi connectivity index (χ1) is 48.1. The molecule has 0 atom stereocenters. The Morgan fingerprint density at radius 1 is 0.134 bits per heavy atom. The van der Waals surface area contributed by atoms with E-state index in [4.69, 9.17) is 0 Å². The van der Waals surface area contributed by atoms with E-state index >= 15 is 0 Å². The summed E-state index contributed by atoms with van der Waals surface area (Å²) in [5.74, 6) is 0. The number of nitrogens with zero attached hydrogens (tertiary/aromatic N) is 7. The summed E-state index contributed by atoms with van der Waals surface area (Å²) in [6.45, 7) is 0. The lowest BCUT2D eigenvalue weighted by atomic mass is 10.1. The maximum Gasteiger partial charge on any atom is 0.0561 e. The fourth-order valence-corrected chi connectivity index (χ4v) is 14.7. The minimum atomic E-state index is 1.00. The molecule has 0 spiro atoms.